The molecule has 6 aromatic rings. The van der Waals surface area contributed by atoms with Crippen LogP contribution in [0.2, 0.25) is 0 Å². The standard InChI is InChI=1S/C35H33N3O2/c1-34(2,3)24-12-13-28(39)27(20-24)33-38-32-29(40-33)14-16-37-31(32)23-17-22(18-25(19-23)35(4,5)6)26-11-7-9-21-10-8-15-36-30(21)26/h7-20,39H,1-6H3. The summed E-state index contributed by atoms with van der Waals surface area (Å²) in [5.74, 6) is 0.507. The van der Waals surface area contributed by atoms with Crippen molar-refractivity contribution >= 4 is 22.0 Å². The fraction of sp³-hybridized carbons (Fsp3) is 0.229. The summed E-state index contributed by atoms with van der Waals surface area (Å²) < 4.78 is 6.21. The number of nitrogens with zero attached hydrogens (tertiary/aromatic N) is 3. The summed E-state index contributed by atoms with van der Waals surface area (Å²) in [6.07, 6.45) is 3.59. The van der Waals surface area contributed by atoms with Gasteiger partial charge in [0.2, 0.25) is 5.89 Å². The van der Waals surface area contributed by atoms with Crippen LogP contribution in [0.1, 0.15) is 52.7 Å². The van der Waals surface area contributed by atoms with Crippen LogP contribution in [0.15, 0.2) is 89.6 Å². The SMILES string of the molecule is CC(C)(C)c1cc(-c2cccc3cccnc23)cc(-c2nccc3oc(-c4cc(C(C)(C)C)ccc4O)nc23)c1. The summed E-state index contributed by atoms with van der Waals surface area (Å²) in [4.78, 5) is 14.4. The number of para-hydroxylation sites is 1. The number of aromatic hydroxyl groups is 1. The van der Waals surface area contributed by atoms with Crippen LogP contribution in [0.25, 0.3) is 55.8 Å². The Morgan fingerprint density at radius 2 is 1.40 bits per heavy atom. The lowest BCUT2D eigenvalue weighted by Gasteiger charge is -2.22. The Morgan fingerprint density at radius 1 is 0.650 bits per heavy atom. The Bertz CT molecular complexity index is 1880. The molecule has 0 spiro atoms. The van der Waals surface area contributed by atoms with E-state index in [-0.39, 0.29) is 16.6 Å². The van der Waals surface area contributed by atoms with Crippen molar-refractivity contribution < 1.29 is 9.52 Å². The fourth-order valence-corrected chi connectivity index (χ4v) is 5.05. The number of phenols is 1. The predicted octanol–water partition coefficient (Wildman–Crippen LogP) is 9.07. The molecular weight excluding hydrogens is 494 g/mol. The molecule has 0 atom stereocenters. The highest BCUT2D eigenvalue weighted by Crippen LogP contribution is 2.39. The van der Waals surface area contributed by atoms with Crippen LogP contribution < -0.4 is 0 Å². The Kier molecular flexibility index (Phi) is 5.99. The number of benzene rings is 3. The third-order valence-electron chi connectivity index (χ3n) is 7.42. The first-order valence-corrected chi connectivity index (χ1v) is 13.6. The zero-order valence-corrected chi connectivity index (χ0v) is 23.8. The highest BCUT2D eigenvalue weighted by Gasteiger charge is 2.22. The van der Waals surface area contributed by atoms with Crippen molar-refractivity contribution in [2.75, 3.05) is 0 Å². The smallest absolute Gasteiger partial charge is 0.231 e. The molecule has 0 unspecified atom stereocenters. The molecule has 3 heterocycles. The average Bonchev–Trinajstić information content (AvgIpc) is 3.36. The van der Waals surface area contributed by atoms with Crippen LogP contribution in [0, 0.1) is 0 Å². The molecule has 0 aliphatic carbocycles. The second-order valence-corrected chi connectivity index (χ2v) is 12.4. The van der Waals surface area contributed by atoms with E-state index in [0.29, 0.717) is 22.6 Å². The van der Waals surface area contributed by atoms with E-state index < -0.39 is 0 Å². The maximum atomic E-state index is 10.7. The first-order valence-electron chi connectivity index (χ1n) is 13.6. The first-order chi connectivity index (χ1) is 19.0. The van der Waals surface area contributed by atoms with Crippen LogP contribution in [-0.4, -0.2) is 20.1 Å². The Hall–Kier alpha value is -4.51. The van der Waals surface area contributed by atoms with Gasteiger partial charge in [-0.3, -0.25) is 9.97 Å². The molecule has 0 saturated carbocycles. The zero-order chi connectivity index (χ0) is 28.2. The molecule has 0 aliphatic rings. The van der Waals surface area contributed by atoms with E-state index in [0.717, 1.165) is 38.9 Å². The lowest BCUT2D eigenvalue weighted by atomic mass is 9.83. The summed E-state index contributed by atoms with van der Waals surface area (Å²) in [5, 5.41) is 11.8. The van der Waals surface area contributed by atoms with E-state index >= 15 is 0 Å². The van der Waals surface area contributed by atoms with Gasteiger partial charge in [-0.2, -0.15) is 0 Å². The van der Waals surface area contributed by atoms with Crippen molar-refractivity contribution in [3.63, 3.8) is 0 Å². The Balaban J connectivity index is 1.56. The number of pyridine rings is 2. The Morgan fingerprint density at radius 3 is 2.17 bits per heavy atom. The minimum absolute atomic E-state index is 0.0819. The highest BCUT2D eigenvalue weighted by atomic mass is 16.3. The predicted molar refractivity (Wildman–Crippen MR) is 162 cm³/mol. The maximum absolute atomic E-state index is 10.7. The molecule has 1 N–H and O–H groups in total. The van der Waals surface area contributed by atoms with E-state index in [2.05, 4.69) is 84.0 Å². The maximum Gasteiger partial charge on any atom is 0.231 e. The van der Waals surface area contributed by atoms with Gasteiger partial charge in [-0.15, -0.1) is 0 Å². The average molecular weight is 528 g/mol. The molecule has 0 amide bonds. The van der Waals surface area contributed by atoms with Gasteiger partial charge in [0.1, 0.15) is 11.3 Å². The minimum atomic E-state index is -0.0924. The van der Waals surface area contributed by atoms with Crippen molar-refractivity contribution in [1.82, 2.24) is 15.0 Å². The number of hydrogen-bond donors (Lipinski definition) is 1. The molecule has 40 heavy (non-hydrogen) atoms. The number of rotatable bonds is 3. The second-order valence-electron chi connectivity index (χ2n) is 12.4. The van der Waals surface area contributed by atoms with Gasteiger partial charge < -0.3 is 9.52 Å². The molecule has 3 aromatic heterocycles. The summed E-state index contributed by atoms with van der Waals surface area (Å²) in [6, 6.07) is 24.4. The topological polar surface area (TPSA) is 72.0 Å². The molecule has 5 heteroatoms. The minimum Gasteiger partial charge on any atom is -0.507 e. The van der Waals surface area contributed by atoms with Crippen LogP contribution in [0.5, 0.6) is 5.75 Å². The van der Waals surface area contributed by atoms with E-state index in [9.17, 15) is 5.11 Å². The summed E-state index contributed by atoms with van der Waals surface area (Å²) in [6.45, 7) is 13.1. The monoisotopic (exact) mass is 527 g/mol. The molecule has 0 radical (unpaired) electrons. The molecule has 3 aromatic carbocycles. The van der Waals surface area contributed by atoms with E-state index in [1.165, 1.54) is 5.56 Å². The number of aromatic nitrogens is 3. The molecule has 6 rings (SSSR count). The van der Waals surface area contributed by atoms with Crippen LogP contribution in [0.3, 0.4) is 0 Å². The van der Waals surface area contributed by atoms with E-state index in [1.54, 1.807) is 12.3 Å². The molecule has 200 valence electrons. The normalized spacial score (nSPS) is 12.3. The molecule has 5 nitrogen and oxygen atoms in total. The third-order valence-corrected chi connectivity index (χ3v) is 7.42. The van der Waals surface area contributed by atoms with Gasteiger partial charge in [0, 0.05) is 35.0 Å². The van der Waals surface area contributed by atoms with Crippen molar-refractivity contribution in [2.24, 2.45) is 0 Å². The molecule has 0 fully saturated rings. The number of oxazole rings is 1. The molecule has 0 bridgehead atoms. The largest absolute Gasteiger partial charge is 0.507 e. The second kappa shape index (κ2) is 9.30. The van der Waals surface area contributed by atoms with Crippen LogP contribution in [-0.2, 0) is 10.8 Å². The molecule has 0 saturated heterocycles. The van der Waals surface area contributed by atoms with E-state index in [1.807, 2.05) is 30.5 Å². The van der Waals surface area contributed by atoms with Gasteiger partial charge in [0.25, 0.3) is 0 Å². The lowest BCUT2D eigenvalue weighted by Crippen LogP contribution is -2.11. The van der Waals surface area contributed by atoms with Crippen molar-refractivity contribution in [3.8, 4) is 39.6 Å². The highest BCUT2D eigenvalue weighted by molar-refractivity contribution is 5.96. The van der Waals surface area contributed by atoms with Gasteiger partial charge >= 0.3 is 0 Å². The summed E-state index contributed by atoms with van der Waals surface area (Å²) in [7, 11) is 0. The van der Waals surface area contributed by atoms with Gasteiger partial charge in [-0.05, 0) is 57.9 Å². The summed E-state index contributed by atoms with van der Waals surface area (Å²) >= 11 is 0. The quantitative estimate of drug-likeness (QED) is 0.248. The lowest BCUT2D eigenvalue weighted by molar-refractivity contribution is 0.473. The number of hydrogen-bond acceptors (Lipinski definition) is 5. The van der Waals surface area contributed by atoms with Crippen molar-refractivity contribution in [2.45, 2.75) is 52.4 Å². The van der Waals surface area contributed by atoms with Crippen LogP contribution in [0.4, 0.5) is 0 Å². The van der Waals surface area contributed by atoms with E-state index in [4.69, 9.17) is 19.4 Å². The van der Waals surface area contributed by atoms with Gasteiger partial charge in [0.15, 0.2) is 5.58 Å². The van der Waals surface area contributed by atoms with Crippen molar-refractivity contribution in [1.29, 1.82) is 0 Å². The van der Waals surface area contributed by atoms with Crippen molar-refractivity contribution in [3.05, 3.63) is 96.3 Å². The zero-order valence-electron chi connectivity index (χ0n) is 23.8. The number of fused-ring (bicyclic) bond motifs is 2. The first kappa shape index (κ1) is 25.8. The molecular formula is C35H33N3O2. The number of phenolic OH excluding ortho intramolecular Hbond substituents is 1. The molecule has 0 aliphatic heterocycles. The van der Waals surface area contributed by atoms with Gasteiger partial charge in [0.05, 0.1) is 16.8 Å². The third kappa shape index (κ3) is 4.62. The summed E-state index contributed by atoms with van der Waals surface area (Å²) in [5.41, 5.74) is 8.75. The Labute approximate surface area is 234 Å². The fourth-order valence-electron chi connectivity index (χ4n) is 5.05. The van der Waals surface area contributed by atoms with Crippen LogP contribution >= 0.6 is 0 Å². The van der Waals surface area contributed by atoms with Gasteiger partial charge in [-0.1, -0.05) is 77.9 Å². The van der Waals surface area contributed by atoms with Gasteiger partial charge in [-0.25, -0.2) is 4.98 Å².